The molecule has 4 atom stereocenters. The van der Waals surface area contributed by atoms with E-state index >= 15 is 4.39 Å². The fraction of sp³-hybridized carbons (Fsp3) is 0.333. The highest BCUT2D eigenvalue weighted by atomic mass is 79.9. The van der Waals surface area contributed by atoms with Crippen LogP contribution in [0.3, 0.4) is 0 Å². The summed E-state index contributed by atoms with van der Waals surface area (Å²) >= 11 is 9.52. The Balaban J connectivity index is 1.71. The first-order valence-corrected chi connectivity index (χ1v) is 14.1. The summed E-state index contributed by atoms with van der Waals surface area (Å²) in [5.74, 6) is -2.16. The van der Waals surface area contributed by atoms with Crippen molar-refractivity contribution in [1.82, 2.24) is 10.3 Å². The van der Waals surface area contributed by atoms with Crippen LogP contribution in [0.15, 0.2) is 53.1 Å². The molecule has 2 aliphatic rings. The highest BCUT2D eigenvalue weighted by Crippen LogP contribution is 2.56. The van der Waals surface area contributed by atoms with Gasteiger partial charge in [0, 0.05) is 24.2 Å². The van der Waals surface area contributed by atoms with Gasteiger partial charge in [0.05, 0.1) is 51.3 Å². The maximum Gasteiger partial charge on any atom is 0.242 e. The van der Waals surface area contributed by atoms with Gasteiger partial charge in [0.25, 0.3) is 0 Å². The maximum atomic E-state index is 16.0. The summed E-state index contributed by atoms with van der Waals surface area (Å²) in [6.07, 6.45) is 1.93. The second-order valence-electron chi connectivity index (χ2n) is 11.5. The minimum Gasteiger partial charge on any atom is -0.495 e. The lowest BCUT2D eigenvalue weighted by Crippen LogP contribution is -2.50. The molecular formula is C30H28BrClFN5O3. The molecule has 1 spiro atoms. The van der Waals surface area contributed by atoms with Gasteiger partial charge in [-0.1, -0.05) is 44.5 Å². The molecule has 3 N–H and O–H groups in total. The summed E-state index contributed by atoms with van der Waals surface area (Å²) in [7, 11) is 1.44. The number of methoxy groups -OCH3 is 1. The van der Waals surface area contributed by atoms with Crippen LogP contribution >= 0.6 is 27.5 Å². The summed E-state index contributed by atoms with van der Waals surface area (Å²) < 4.78 is 21.6. The van der Waals surface area contributed by atoms with E-state index in [9.17, 15) is 14.9 Å². The average Bonchev–Trinajstić information content (AvgIpc) is 3.39. The standard InChI is InChI=1S/C30H28BrClFN5O3/c1-29(2,3)12-22-30(26-20(37-28(30)40)11-16(32)14-35-26)23(17-6-5-7-18(31)24(17)33)25(38-22)27(39)36-19-9-8-15(13-34)10-21(19)41-4/h5-11,14,22-23,25,38H,12H2,1-4H3,(H,36,39)(H,37,40). The Bertz CT molecular complexity index is 1600. The molecule has 0 saturated carbocycles. The molecule has 4 unspecified atom stereocenters. The van der Waals surface area contributed by atoms with E-state index in [0.29, 0.717) is 39.8 Å². The van der Waals surface area contributed by atoms with E-state index in [1.54, 1.807) is 36.4 Å². The number of amides is 2. The first-order valence-electron chi connectivity index (χ1n) is 13.0. The van der Waals surface area contributed by atoms with Crippen LogP contribution in [0.4, 0.5) is 15.8 Å². The predicted octanol–water partition coefficient (Wildman–Crippen LogP) is 5.91. The van der Waals surface area contributed by atoms with E-state index in [0.717, 1.165) is 0 Å². The van der Waals surface area contributed by atoms with E-state index in [-0.39, 0.29) is 21.4 Å². The van der Waals surface area contributed by atoms with Gasteiger partial charge in [-0.25, -0.2) is 4.39 Å². The Hall–Kier alpha value is -3.52. The zero-order valence-electron chi connectivity index (χ0n) is 22.8. The lowest BCUT2D eigenvalue weighted by molar-refractivity contribution is -0.122. The Morgan fingerprint density at radius 1 is 1.29 bits per heavy atom. The van der Waals surface area contributed by atoms with Crippen molar-refractivity contribution in [3.63, 3.8) is 0 Å². The second-order valence-corrected chi connectivity index (χ2v) is 12.8. The van der Waals surface area contributed by atoms with Gasteiger partial charge in [-0.3, -0.25) is 14.6 Å². The zero-order valence-corrected chi connectivity index (χ0v) is 25.2. The number of nitrogens with zero attached hydrogens (tertiary/aromatic N) is 2. The first kappa shape index (κ1) is 29.0. The molecule has 41 heavy (non-hydrogen) atoms. The fourth-order valence-corrected chi connectivity index (χ4v) is 6.59. The number of nitrogens with one attached hydrogen (secondary N) is 3. The number of pyridine rings is 1. The Morgan fingerprint density at radius 2 is 2.05 bits per heavy atom. The van der Waals surface area contributed by atoms with Gasteiger partial charge in [0.2, 0.25) is 11.8 Å². The van der Waals surface area contributed by atoms with Gasteiger partial charge in [-0.15, -0.1) is 0 Å². The van der Waals surface area contributed by atoms with Crippen LogP contribution in [0.25, 0.3) is 0 Å². The van der Waals surface area contributed by atoms with Crippen molar-refractivity contribution in [2.45, 2.75) is 50.6 Å². The monoisotopic (exact) mass is 639 g/mol. The molecule has 2 aliphatic heterocycles. The molecule has 3 heterocycles. The number of anilines is 2. The van der Waals surface area contributed by atoms with Crippen molar-refractivity contribution in [3.05, 3.63) is 80.8 Å². The summed E-state index contributed by atoms with van der Waals surface area (Å²) in [5, 5.41) is 18.8. The van der Waals surface area contributed by atoms with E-state index < -0.39 is 35.1 Å². The zero-order chi connectivity index (χ0) is 29.7. The van der Waals surface area contributed by atoms with Gasteiger partial charge in [-0.05, 0) is 57.6 Å². The molecule has 1 aromatic heterocycles. The number of carbonyl (C=O) groups excluding carboxylic acids is 2. The molecule has 1 fully saturated rings. The molecule has 8 nitrogen and oxygen atoms in total. The number of fused-ring (bicyclic) bond motifs is 2. The summed E-state index contributed by atoms with van der Waals surface area (Å²) in [6.45, 7) is 6.11. The van der Waals surface area contributed by atoms with Crippen molar-refractivity contribution in [2.24, 2.45) is 5.41 Å². The number of hydrogen-bond donors (Lipinski definition) is 3. The first-order chi connectivity index (χ1) is 19.4. The SMILES string of the molecule is COc1cc(C#N)ccc1NC(=O)C1NC(CC(C)(C)C)C2(C(=O)Nc3cc(Cl)cnc32)C1c1cccc(Br)c1F. The third-order valence-corrected chi connectivity index (χ3v) is 8.45. The number of hydrogen-bond acceptors (Lipinski definition) is 6. The van der Waals surface area contributed by atoms with Crippen LogP contribution in [0, 0.1) is 22.6 Å². The van der Waals surface area contributed by atoms with Crippen LogP contribution in [0.1, 0.15) is 49.9 Å². The molecule has 0 aliphatic carbocycles. The summed E-state index contributed by atoms with van der Waals surface area (Å²) in [5.41, 5.74) is 0.00778. The van der Waals surface area contributed by atoms with Crippen molar-refractivity contribution in [3.8, 4) is 11.8 Å². The highest BCUT2D eigenvalue weighted by molar-refractivity contribution is 9.10. The lowest BCUT2D eigenvalue weighted by atomic mass is 9.64. The van der Waals surface area contributed by atoms with Gasteiger partial charge < -0.3 is 20.7 Å². The molecule has 0 bridgehead atoms. The number of nitriles is 1. The van der Waals surface area contributed by atoms with Gasteiger partial charge in [0.1, 0.15) is 17.0 Å². The van der Waals surface area contributed by atoms with Crippen LogP contribution < -0.4 is 20.7 Å². The number of aromatic nitrogens is 1. The van der Waals surface area contributed by atoms with Crippen molar-refractivity contribution in [2.75, 3.05) is 17.7 Å². The predicted molar refractivity (Wildman–Crippen MR) is 158 cm³/mol. The topological polar surface area (TPSA) is 116 Å². The normalized spacial score (nSPS) is 23.2. The van der Waals surface area contributed by atoms with Crippen molar-refractivity contribution >= 4 is 50.7 Å². The molecular weight excluding hydrogens is 613 g/mol. The van der Waals surface area contributed by atoms with E-state index in [1.807, 2.05) is 26.8 Å². The third kappa shape index (κ3) is 4.96. The Labute approximate surface area is 250 Å². The number of benzene rings is 2. The molecule has 5 rings (SSSR count). The third-order valence-electron chi connectivity index (χ3n) is 7.63. The second kappa shape index (κ2) is 10.7. The number of rotatable bonds is 5. The van der Waals surface area contributed by atoms with Crippen molar-refractivity contribution < 1.29 is 18.7 Å². The molecule has 0 radical (unpaired) electrons. The van der Waals surface area contributed by atoms with Gasteiger partial charge >= 0.3 is 0 Å². The molecule has 2 amide bonds. The summed E-state index contributed by atoms with van der Waals surface area (Å²) in [6, 6.07) is 11.5. The van der Waals surface area contributed by atoms with E-state index in [1.165, 1.54) is 19.4 Å². The number of carbonyl (C=O) groups is 2. The van der Waals surface area contributed by atoms with Crippen LogP contribution in [0.5, 0.6) is 5.75 Å². The van der Waals surface area contributed by atoms with Gasteiger partial charge in [-0.2, -0.15) is 5.26 Å². The average molecular weight is 641 g/mol. The van der Waals surface area contributed by atoms with Crippen LogP contribution in [0.2, 0.25) is 5.02 Å². The summed E-state index contributed by atoms with van der Waals surface area (Å²) in [4.78, 5) is 32.9. The number of ether oxygens (including phenoxy) is 1. The molecule has 2 aromatic carbocycles. The number of halogens is 3. The van der Waals surface area contributed by atoms with Gasteiger partial charge in [0.15, 0.2) is 0 Å². The molecule has 212 valence electrons. The highest BCUT2D eigenvalue weighted by Gasteiger charge is 2.67. The maximum absolute atomic E-state index is 16.0. The van der Waals surface area contributed by atoms with Crippen LogP contribution in [-0.4, -0.2) is 36.0 Å². The molecule has 11 heteroatoms. The lowest BCUT2D eigenvalue weighted by Gasteiger charge is -2.37. The minimum absolute atomic E-state index is 0.190. The fourth-order valence-electron chi connectivity index (χ4n) is 6.05. The minimum atomic E-state index is -1.44. The Morgan fingerprint density at radius 3 is 2.73 bits per heavy atom. The van der Waals surface area contributed by atoms with E-state index in [2.05, 4.69) is 36.9 Å². The Kier molecular flexibility index (Phi) is 7.57. The van der Waals surface area contributed by atoms with Crippen molar-refractivity contribution in [1.29, 1.82) is 5.26 Å². The quantitative estimate of drug-likeness (QED) is 0.320. The molecule has 1 saturated heterocycles. The van der Waals surface area contributed by atoms with Crippen LogP contribution in [-0.2, 0) is 15.0 Å². The smallest absolute Gasteiger partial charge is 0.242 e. The largest absolute Gasteiger partial charge is 0.495 e. The van der Waals surface area contributed by atoms with E-state index in [4.69, 9.17) is 16.3 Å². The molecule has 3 aromatic rings.